The van der Waals surface area contributed by atoms with Crippen molar-refractivity contribution in [3.63, 3.8) is 0 Å². The Labute approximate surface area is 122 Å². The molecule has 2 atom stereocenters. The van der Waals surface area contributed by atoms with E-state index in [2.05, 4.69) is 36.1 Å². The Bertz CT molecular complexity index is 404. The predicted octanol–water partition coefficient (Wildman–Crippen LogP) is 3.18. The van der Waals surface area contributed by atoms with Gasteiger partial charge in [0.15, 0.2) is 0 Å². The predicted molar refractivity (Wildman–Crippen MR) is 85.4 cm³/mol. The van der Waals surface area contributed by atoms with E-state index in [-0.39, 0.29) is 5.92 Å². The number of rotatable bonds is 6. The molecule has 2 nitrogen and oxygen atoms in total. The van der Waals surface area contributed by atoms with Crippen LogP contribution in [0.15, 0.2) is 30.3 Å². The van der Waals surface area contributed by atoms with E-state index < -0.39 is 0 Å². The molecule has 3 heteroatoms. The normalized spacial score (nSPS) is 21.4. The number of thiocarbonyl (C=S) groups is 1. The standard InChI is InChI=1S/C16H24N2S/c1-2-6-13-9-10-18(11-13)12-15(16(17)19)14-7-4-3-5-8-14/h3-5,7-8,13,15H,2,6,9-12H2,1H3,(H2,17,19). The highest BCUT2D eigenvalue weighted by atomic mass is 32.1. The van der Waals surface area contributed by atoms with Gasteiger partial charge in [-0.25, -0.2) is 0 Å². The van der Waals surface area contributed by atoms with Gasteiger partial charge in [-0.3, -0.25) is 0 Å². The molecule has 0 bridgehead atoms. The van der Waals surface area contributed by atoms with Crippen molar-refractivity contribution in [2.24, 2.45) is 11.7 Å². The van der Waals surface area contributed by atoms with Gasteiger partial charge in [0.2, 0.25) is 0 Å². The SMILES string of the molecule is CCCC1CCN(CC(C(N)=S)c2ccccc2)C1. The second-order valence-corrected chi connectivity index (χ2v) is 6.04. The first-order valence-corrected chi connectivity index (χ1v) is 7.68. The van der Waals surface area contributed by atoms with Crippen LogP contribution in [0.1, 0.15) is 37.7 Å². The number of nitrogens with zero attached hydrogens (tertiary/aromatic N) is 1. The molecular formula is C16H24N2S. The van der Waals surface area contributed by atoms with Crippen molar-refractivity contribution in [1.29, 1.82) is 0 Å². The summed E-state index contributed by atoms with van der Waals surface area (Å²) in [6.07, 6.45) is 3.96. The van der Waals surface area contributed by atoms with Crippen molar-refractivity contribution in [3.05, 3.63) is 35.9 Å². The molecule has 0 amide bonds. The Balaban J connectivity index is 1.97. The average Bonchev–Trinajstić information content (AvgIpc) is 2.85. The molecule has 1 aliphatic heterocycles. The minimum atomic E-state index is 0.191. The lowest BCUT2D eigenvalue weighted by Gasteiger charge is -2.23. The van der Waals surface area contributed by atoms with Gasteiger partial charge >= 0.3 is 0 Å². The summed E-state index contributed by atoms with van der Waals surface area (Å²) < 4.78 is 0. The molecule has 2 N–H and O–H groups in total. The van der Waals surface area contributed by atoms with E-state index in [1.165, 1.54) is 37.9 Å². The van der Waals surface area contributed by atoms with Crippen molar-refractivity contribution >= 4 is 17.2 Å². The molecule has 1 aromatic rings. The van der Waals surface area contributed by atoms with Crippen molar-refractivity contribution in [1.82, 2.24) is 4.90 Å². The molecule has 0 radical (unpaired) electrons. The molecular weight excluding hydrogens is 252 g/mol. The van der Waals surface area contributed by atoms with Crippen LogP contribution in [0.2, 0.25) is 0 Å². The maximum atomic E-state index is 5.94. The van der Waals surface area contributed by atoms with Crippen molar-refractivity contribution in [3.8, 4) is 0 Å². The van der Waals surface area contributed by atoms with E-state index in [0.717, 1.165) is 12.5 Å². The van der Waals surface area contributed by atoms with Crippen molar-refractivity contribution in [2.75, 3.05) is 19.6 Å². The van der Waals surface area contributed by atoms with Gasteiger partial charge in [0.05, 0.1) is 4.99 Å². The van der Waals surface area contributed by atoms with E-state index in [1.807, 2.05) is 6.07 Å². The molecule has 1 aromatic carbocycles. The molecule has 0 aliphatic carbocycles. The number of hydrogen-bond donors (Lipinski definition) is 1. The average molecular weight is 276 g/mol. The highest BCUT2D eigenvalue weighted by Crippen LogP contribution is 2.24. The van der Waals surface area contributed by atoms with Gasteiger partial charge in [-0.15, -0.1) is 0 Å². The third kappa shape index (κ3) is 4.02. The van der Waals surface area contributed by atoms with Crippen LogP contribution in [0.3, 0.4) is 0 Å². The smallest absolute Gasteiger partial charge is 0.0816 e. The Morgan fingerprint density at radius 2 is 2.16 bits per heavy atom. The molecule has 1 saturated heterocycles. The van der Waals surface area contributed by atoms with Crippen LogP contribution in [0, 0.1) is 5.92 Å². The summed E-state index contributed by atoms with van der Waals surface area (Å²) >= 11 is 5.27. The van der Waals surface area contributed by atoms with Gasteiger partial charge in [-0.1, -0.05) is 55.9 Å². The first kappa shape index (κ1) is 14.5. The molecule has 1 fully saturated rings. The molecule has 0 spiro atoms. The molecule has 2 unspecified atom stereocenters. The van der Waals surface area contributed by atoms with E-state index in [1.54, 1.807) is 0 Å². The Morgan fingerprint density at radius 3 is 2.79 bits per heavy atom. The first-order chi connectivity index (χ1) is 9.20. The van der Waals surface area contributed by atoms with E-state index in [0.29, 0.717) is 4.99 Å². The Hall–Kier alpha value is -0.930. The van der Waals surface area contributed by atoms with Crippen LogP contribution in [0.4, 0.5) is 0 Å². The van der Waals surface area contributed by atoms with Gasteiger partial charge in [0, 0.05) is 19.0 Å². The van der Waals surface area contributed by atoms with Gasteiger partial charge < -0.3 is 10.6 Å². The Kier molecular flexibility index (Phi) is 5.34. The maximum Gasteiger partial charge on any atom is 0.0816 e. The van der Waals surface area contributed by atoms with Crippen LogP contribution < -0.4 is 5.73 Å². The summed E-state index contributed by atoms with van der Waals surface area (Å²) in [4.78, 5) is 3.14. The third-order valence-corrected chi connectivity index (χ3v) is 4.34. The summed E-state index contributed by atoms with van der Waals surface area (Å²) in [6.45, 7) is 5.64. The highest BCUT2D eigenvalue weighted by Gasteiger charge is 2.25. The summed E-state index contributed by atoms with van der Waals surface area (Å²) in [5, 5.41) is 0. The lowest BCUT2D eigenvalue weighted by atomic mass is 9.98. The van der Waals surface area contributed by atoms with E-state index in [4.69, 9.17) is 18.0 Å². The van der Waals surface area contributed by atoms with Gasteiger partial charge in [0.1, 0.15) is 0 Å². The molecule has 1 aliphatic rings. The molecule has 2 rings (SSSR count). The summed E-state index contributed by atoms with van der Waals surface area (Å²) in [5.74, 6) is 1.06. The fourth-order valence-electron chi connectivity index (χ4n) is 3.03. The molecule has 104 valence electrons. The van der Waals surface area contributed by atoms with Gasteiger partial charge in [0.25, 0.3) is 0 Å². The largest absolute Gasteiger partial charge is 0.393 e. The molecule has 1 heterocycles. The molecule has 19 heavy (non-hydrogen) atoms. The first-order valence-electron chi connectivity index (χ1n) is 7.27. The minimum absolute atomic E-state index is 0.191. The van der Waals surface area contributed by atoms with Crippen LogP contribution in [-0.4, -0.2) is 29.5 Å². The van der Waals surface area contributed by atoms with E-state index >= 15 is 0 Å². The fourth-order valence-corrected chi connectivity index (χ4v) is 3.24. The van der Waals surface area contributed by atoms with Crippen LogP contribution in [-0.2, 0) is 0 Å². The van der Waals surface area contributed by atoms with Crippen LogP contribution >= 0.6 is 12.2 Å². The van der Waals surface area contributed by atoms with Crippen LogP contribution in [0.25, 0.3) is 0 Å². The molecule has 0 aromatic heterocycles. The topological polar surface area (TPSA) is 29.3 Å². The third-order valence-electron chi connectivity index (χ3n) is 4.05. The fraction of sp³-hybridized carbons (Fsp3) is 0.562. The zero-order valence-corrected chi connectivity index (χ0v) is 12.5. The van der Waals surface area contributed by atoms with Crippen molar-refractivity contribution < 1.29 is 0 Å². The minimum Gasteiger partial charge on any atom is -0.393 e. The number of likely N-dealkylation sites (tertiary alicyclic amines) is 1. The summed E-state index contributed by atoms with van der Waals surface area (Å²) in [7, 11) is 0. The van der Waals surface area contributed by atoms with Crippen LogP contribution in [0.5, 0.6) is 0 Å². The second kappa shape index (κ2) is 7.01. The maximum absolute atomic E-state index is 5.94. The second-order valence-electron chi connectivity index (χ2n) is 5.57. The lowest BCUT2D eigenvalue weighted by Crippen LogP contribution is -2.32. The number of nitrogens with two attached hydrogens (primary N) is 1. The number of benzene rings is 1. The van der Waals surface area contributed by atoms with Crippen molar-refractivity contribution in [2.45, 2.75) is 32.1 Å². The summed E-state index contributed by atoms with van der Waals surface area (Å²) in [5.41, 5.74) is 7.19. The van der Waals surface area contributed by atoms with E-state index in [9.17, 15) is 0 Å². The number of hydrogen-bond acceptors (Lipinski definition) is 2. The highest BCUT2D eigenvalue weighted by molar-refractivity contribution is 7.80. The zero-order valence-electron chi connectivity index (χ0n) is 11.7. The monoisotopic (exact) mass is 276 g/mol. The lowest BCUT2D eigenvalue weighted by molar-refractivity contribution is 0.317. The van der Waals surface area contributed by atoms with Gasteiger partial charge in [-0.2, -0.15) is 0 Å². The summed E-state index contributed by atoms with van der Waals surface area (Å²) in [6, 6.07) is 10.4. The quantitative estimate of drug-likeness (QED) is 0.809. The molecule has 0 saturated carbocycles. The van der Waals surface area contributed by atoms with Gasteiger partial charge in [-0.05, 0) is 30.9 Å². The zero-order chi connectivity index (χ0) is 13.7. The Morgan fingerprint density at radius 1 is 1.42 bits per heavy atom.